The molecule has 1 aromatic heterocycles. The standard InChI is InChI=1S/C14H16N2O2/c1-3-8-16-10(2)13(9-15-16)11-6-4-5-7-12(11)14(17)18/h4-7,9H,3,8H2,1-2H3,(H,17,18). The van der Waals surface area contributed by atoms with Crippen molar-refractivity contribution in [2.75, 3.05) is 0 Å². The second-order valence-corrected chi connectivity index (χ2v) is 4.22. The van der Waals surface area contributed by atoms with Crippen molar-refractivity contribution in [3.05, 3.63) is 41.7 Å². The first-order chi connectivity index (χ1) is 8.65. The van der Waals surface area contributed by atoms with Crippen LogP contribution in [0.4, 0.5) is 0 Å². The lowest BCUT2D eigenvalue weighted by Gasteiger charge is -2.06. The van der Waals surface area contributed by atoms with Crippen molar-refractivity contribution in [3.63, 3.8) is 0 Å². The van der Waals surface area contributed by atoms with E-state index in [9.17, 15) is 9.90 Å². The fourth-order valence-electron chi connectivity index (χ4n) is 2.05. The van der Waals surface area contributed by atoms with Gasteiger partial charge in [0, 0.05) is 17.8 Å². The zero-order valence-corrected chi connectivity index (χ0v) is 10.6. The highest BCUT2D eigenvalue weighted by Gasteiger charge is 2.15. The van der Waals surface area contributed by atoms with Gasteiger partial charge in [0.2, 0.25) is 0 Å². The van der Waals surface area contributed by atoms with E-state index in [-0.39, 0.29) is 0 Å². The molecular formula is C14H16N2O2. The fraction of sp³-hybridized carbons (Fsp3) is 0.286. The van der Waals surface area contributed by atoms with E-state index < -0.39 is 5.97 Å². The number of aromatic nitrogens is 2. The predicted octanol–water partition coefficient (Wildman–Crippen LogP) is 2.97. The minimum Gasteiger partial charge on any atom is -0.478 e. The minimum absolute atomic E-state index is 0.316. The molecule has 2 rings (SSSR count). The molecule has 2 aromatic rings. The third kappa shape index (κ3) is 2.14. The van der Waals surface area contributed by atoms with Crippen molar-refractivity contribution in [1.82, 2.24) is 9.78 Å². The Morgan fingerprint density at radius 1 is 1.33 bits per heavy atom. The molecule has 0 saturated heterocycles. The number of hydrogen-bond acceptors (Lipinski definition) is 2. The molecule has 18 heavy (non-hydrogen) atoms. The molecule has 0 spiro atoms. The third-order valence-corrected chi connectivity index (χ3v) is 2.99. The summed E-state index contributed by atoms with van der Waals surface area (Å²) in [7, 11) is 0. The predicted molar refractivity (Wildman–Crippen MR) is 69.7 cm³/mol. The second kappa shape index (κ2) is 5.04. The quantitative estimate of drug-likeness (QED) is 0.899. The van der Waals surface area contributed by atoms with E-state index in [0.29, 0.717) is 5.56 Å². The van der Waals surface area contributed by atoms with E-state index in [0.717, 1.165) is 29.8 Å². The van der Waals surface area contributed by atoms with Crippen LogP contribution in [0.25, 0.3) is 11.1 Å². The molecule has 0 amide bonds. The van der Waals surface area contributed by atoms with Crippen LogP contribution in [0, 0.1) is 6.92 Å². The van der Waals surface area contributed by atoms with Crippen LogP contribution in [0.5, 0.6) is 0 Å². The average molecular weight is 244 g/mol. The van der Waals surface area contributed by atoms with Gasteiger partial charge in [-0.2, -0.15) is 5.10 Å². The number of hydrogen-bond donors (Lipinski definition) is 1. The molecule has 0 aliphatic carbocycles. The largest absolute Gasteiger partial charge is 0.478 e. The average Bonchev–Trinajstić information content (AvgIpc) is 2.72. The first-order valence-corrected chi connectivity index (χ1v) is 6.00. The lowest BCUT2D eigenvalue weighted by atomic mass is 10.0. The van der Waals surface area contributed by atoms with E-state index in [1.165, 1.54) is 0 Å². The molecular weight excluding hydrogens is 228 g/mol. The molecule has 0 aliphatic heterocycles. The maximum atomic E-state index is 11.2. The number of rotatable bonds is 4. The topological polar surface area (TPSA) is 55.1 Å². The van der Waals surface area contributed by atoms with E-state index in [1.54, 1.807) is 18.3 Å². The monoisotopic (exact) mass is 244 g/mol. The first-order valence-electron chi connectivity index (χ1n) is 6.00. The minimum atomic E-state index is -0.909. The Morgan fingerprint density at radius 3 is 2.72 bits per heavy atom. The number of benzene rings is 1. The van der Waals surface area contributed by atoms with Gasteiger partial charge >= 0.3 is 5.97 Å². The molecule has 4 nitrogen and oxygen atoms in total. The maximum Gasteiger partial charge on any atom is 0.336 e. The van der Waals surface area contributed by atoms with Gasteiger partial charge in [0.05, 0.1) is 11.8 Å². The number of nitrogens with zero attached hydrogens (tertiary/aromatic N) is 2. The Balaban J connectivity index is 2.52. The molecule has 1 heterocycles. The Morgan fingerprint density at radius 2 is 2.06 bits per heavy atom. The summed E-state index contributed by atoms with van der Waals surface area (Å²) in [4.78, 5) is 11.2. The number of aryl methyl sites for hydroxylation is 1. The summed E-state index contributed by atoms with van der Waals surface area (Å²) in [5.41, 5.74) is 2.94. The highest BCUT2D eigenvalue weighted by atomic mass is 16.4. The fourth-order valence-corrected chi connectivity index (χ4v) is 2.05. The third-order valence-electron chi connectivity index (χ3n) is 2.99. The molecule has 94 valence electrons. The first kappa shape index (κ1) is 12.4. The van der Waals surface area contributed by atoms with Gasteiger partial charge in [-0.25, -0.2) is 4.79 Å². The number of carboxylic acid groups (broad SMARTS) is 1. The zero-order chi connectivity index (χ0) is 13.1. The Hall–Kier alpha value is -2.10. The molecule has 0 aliphatic rings. The summed E-state index contributed by atoms with van der Waals surface area (Å²) in [6.45, 7) is 4.91. The molecule has 0 fully saturated rings. The molecule has 0 radical (unpaired) electrons. The van der Waals surface area contributed by atoms with Crippen molar-refractivity contribution in [1.29, 1.82) is 0 Å². The lowest BCUT2D eigenvalue weighted by Crippen LogP contribution is -2.02. The molecule has 0 saturated carbocycles. The van der Waals surface area contributed by atoms with Crippen LogP contribution in [-0.2, 0) is 6.54 Å². The van der Waals surface area contributed by atoms with Crippen LogP contribution >= 0.6 is 0 Å². The van der Waals surface area contributed by atoms with Crippen LogP contribution in [0.3, 0.4) is 0 Å². The zero-order valence-electron chi connectivity index (χ0n) is 10.6. The Bertz CT molecular complexity index is 573. The smallest absolute Gasteiger partial charge is 0.336 e. The maximum absolute atomic E-state index is 11.2. The van der Waals surface area contributed by atoms with E-state index >= 15 is 0 Å². The summed E-state index contributed by atoms with van der Waals surface area (Å²) in [6, 6.07) is 7.02. The normalized spacial score (nSPS) is 10.6. The molecule has 1 N–H and O–H groups in total. The van der Waals surface area contributed by atoms with Crippen LogP contribution in [0.2, 0.25) is 0 Å². The lowest BCUT2D eigenvalue weighted by molar-refractivity contribution is 0.0698. The van der Waals surface area contributed by atoms with Gasteiger partial charge in [-0.1, -0.05) is 25.1 Å². The van der Waals surface area contributed by atoms with Gasteiger partial charge in [0.25, 0.3) is 0 Å². The van der Waals surface area contributed by atoms with Crippen LogP contribution in [0.15, 0.2) is 30.5 Å². The van der Waals surface area contributed by atoms with Crippen molar-refractivity contribution < 1.29 is 9.90 Å². The van der Waals surface area contributed by atoms with Gasteiger partial charge in [-0.3, -0.25) is 4.68 Å². The number of carboxylic acids is 1. The summed E-state index contributed by atoms with van der Waals surface area (Å²) >= 11 is 0. The number of carbonyl (C=O) groups is 1. The van der Waals surface area contributed by atoms with Gasteiger partial charge in [0.15, 0.2) is 0 Å². The molecule has 0 unspecified atom stereocenters. The second-order valence-electron chi connectivity index (χ2n) is 4.22. The van der Waals surface area contributed by atoms with Crippen LogP contribution in [-0.4, -0.2) is 20.9 Å². The molecule has 0 atom stereocenters. The van der Waals surface area contributed by atoms with Gasteiger partial charge in [-0.05, 0) is 25.0 Å². The van der Waals surface area contributed by atoms with E-state index in [4.69, 9.17) is 0 Å². The van der Waals surface area contributed by atoms with Crippen molar-refractivity contribution in [3.8, 4) is 11.1 Å². The van der Waals surface area contributed by atoms with Crippen LogP contribution < -0.4 is 0 Å². The van der Waals surface area contributed by atoms with E-state index in [1.807, 2.05) is 23.7 Å². The Kier molecular flexibility index (Phi) is 3.46. The summed E-state index contributed by atoms with van der Waals surface area (Å²) in [5, 5.41) is 13.5. The van der Waals surface area contributed by atoms with Crippen LogP contribution in [0.1, 0.15) is 29.4 Å². The highest BCUT2D eigenvalue weighted by molar-refractivity contribution is 5.96. The molecule has 4 heteroatoms. The van der Waals surface area contributed by atoms with E-state index in [2.05, 4.69) is 12.0 Å². The summed E-state index contributed by atoms with van der Waals surface area (Å²) < 4.78 is 1.91. The summed E-state index contributed by atoms with van der Waals surface area (Å²) in [6.07, 6.45) is 2.75. The van der Waals surface area contributed by atoms with Gasteiger partial charge in [0.1, 0.15) is 0 Å². The highest BCUT2D eigenvalue weighted by Crippen LogP contribution is 2.26. The van der Waals surface area contributed by atoms with Crippen molar-refractivity contribution >= 4 is 5.97 Å². The number of aromatic carboxylic acids is 1. The Labute approximate surface area is 106 Å². The molecule has 0 bridgehead atoms. The molecule has 1 aromatic carbocycles. The van der Waals surface area contributed by atoms with Crippen molar-refractivity contribution in [2.45, 2.75) is 26.8 Å². The SMILES string of the molecule is CCCn1ncc(-c2ccccc2C(=O)O)c1C. The van der Waals surface area contributed by atoms with Gasteiger partial charge in [-0.15, -0.1) is 0 Å². The summed E-state index contributed by atoms with van der Waals surface area (Å²) in [5.74, 6) is -0.909. The van der Waals surface area contributed by atoms with Gasteiger partial charge < -0.3 is 5.11 Å². The van der Waals surface area contributed by atoms with Crippen molar-refractivity contribution in [2.24, 2.45) is 0 Å².